The fourth-order valence-electron chi connectivity index (χ4n) is 4.95. The molecule has 182 valence electrons. The number of benzene rings is 2. The third kappa shape index (κ3) is 5.27. The van der Waals surface area contributed by atoms with Gasteiger partial charge in [-0.15, -0.1) is 0 Å². The molecule has 6 nitrogen and oxygen atoms in total. The van der Waals surface area contributed by atoms with Crippen molar-refractivity contribution in [3.05, 3.63) is 71.0 Å². The van der Waals surface area contributed by atoms with Crippen molar-refractivity contribution in [1.29, 1.82) is 0 Å². The number of nitrogens with one attached hydrogen (secondary N) is 2. The second-order valence-electron chi connectivity index (χ2n) is 9.56. The molecular formula is C28H33BrN6. The summed E-state index contributed by atoms with van der Waals surface area (Å²) in [5.41, 5.74) is 6.66. The summed E-state index contributed by atoms with van der Waals surface area (Å²) in [6.45, 7) is 5.20. The van der Waals surface area contributed by atoms with Crippen molar-refractivity contribution in [2.45, 2.75) is 38.8 Å². The monoisotopic (exact) mass is 532 g/mol. The van der Waals surface area contributed by atoms with Gasteiger partial charge in [0.05, 0.1) is 24.5 Å². The normalized spacial score (nSPS) is 16.4. The van der Waals surface area contributed by atoms with E-state index in [1.54, 1.807) is 0 Å². The molecule has 1 aliphatic heterocycles. The van der Waals surface area contributed by atoms with Crippen LogP contribution in [0.2, 0.25) is 0 Å². The van der Waals surface area contributed by atoms with Crippen LogP contribution >= 0.6 is 15.9 Å². The third-order valence-electron chi connectivity index (χ3n) is 6.85. The quantitative estimate of drug-likeness (QED) is 0.271. The molecule has 1 saturated heterocycles. The Morgan fingerprint density at radius 2 is 1.66 bits per heavy atom. The first kappa shape index (κ1) is 24.0. The van der Waals surface area contributed by atoms with E-state index in [-0.39, 0.29) is 0 Å². The van der Waals surface area contributed by atoms with Crippen molar-refractivity contribution < 1.29 is 0 Å². The van der Waals surface area contributed by atoms with Crippen molar-refractivity contribution in [3.8, 4) is 33.6 Å². The Balaban J connectivity index is 1.29. The third-order valence-corrected chi connectivity index (χ3v) is 7.43. The number of hydrogen-bond acceptors (Lipinski definition) is 4. The summed E-state index contributed by atoms with van der Waals surface area (Å²) < 4.78 is 0.928. The highest BCUT2D eigenvalue weighted by atomic mass is 79.9. The van der Waals surface area contributed by atoms with Gasteiger partial charge in [-0.2, -0.15) is 0 Å². The van der Waals surface area contributed by atoms with Crippen LogP contribution < -0.4 is 0 Å². The van der Waals surface area contributed by atoms with E-state index in [1.807, 2.05) is 6.20 Å². The first-order valence-corrected chi connectivity index (χ1v) is 13.2. The molecule has 0 amide bonds. The van der Waals surface area contributed by atoms with Crippen molar-refractivity contribution in [2.24, 2.45) is 0 Å². The lowest BCUT2D eigenvalue weighted by Gasteiger charge is -2.16. The van der Waals surface area contributed by atoms with Crippen molar-refractivity contribution in [3.63, 3.8) is 0 Å². The van der Waals surface area contributed by atoms with Gasteiger partial charge in [0.15, 0.2) is 0 Å². The second-order valence-corrected chi connectivity index (χ2v) is 10.4. The van der Waals surface area contributed by atoms with Gasteiger partial charge in [0.2, 0.25) is 0 Å². The Morgan fingerprint density at radius 3 is 2.29 bits per heavy atom. The molecule has 1 fully saturated rings. The van der Waals surface area contributed by atoms with Gasteiger partial charge in [0.25, 0.3) is 0 Å². The first-order chi connectivity index (χ1) is 17.0. The number of aromatic nitrogens is 4. The number of H-pyrrole nitrogens is 2. The summed E-state index contributed by atoms with van der Waals surface area (Å²) in [6, 6.07) is 17.7. The Bertz CT molecular complexity index is 1260. The smallest absolute Gasteiger partial charge is 0.123 e. The fraction of sp³-hybridized carbons (Fsp3) is 0.357. The predicted octanol–water partition coefficient (Wildman–Crippen LogP) is 6.50. The maximum atomic E-state index is 4.83. The van der Waals surface area contributed by atoms with Gasteiger partial charge in [-0.1, -0.05) is 55.5 Å². The molecule has 1 atom stereocenters. The van der Waals surface area contributed by atoms with Crippen LogP contribution in [0.5, 0.6) is 0 Å². The largest absolute Gasteiger partial charge is 0.341 e. The van der Waals surface area contributed by atoms with Crippen LogP contribution in [0.1, 0.15) is 43.9 Å². The topological polar surface area (TPSA) is 63.8 Å². The Hall–Kier alpha value is -2.74. The van der Waals surface area contributed by atoms with Crippen LogP contribution in [-0.2, 0) is 6.54 Å². The lowest BCUT2D eigenvalue weighted by atomic mass is 10.0. The Labute approximate surface area is 215 Å². The van der Waals surface area contributed by atoms with Gasteiger partial charge >= 0.3 is 0 Å². The minimum atomic E-state index is 0.407. The Morgan fingerprint density at radius 1 is 1.00 bits per heavy atom. The standard InChI is InChI=1S/C28H33BrN6/c1-4-15-34(2)18-25-32-26(27(29)33-25)22-13-9-20(10-14-22)19-7-11-21(12-8-19)23-17-30-28(31-23)24-6-5-16-35(24)3/h7-14,17,24H,4-6,15-16,18H2,1-3H3,(H,30,31)(H,32,33)/t24-/m0/s1. The van der Waals surface area contributed by atoms with Gasteiger partial charge in [-0.25, -0.2) is 9.97 Å². The Kier molecular flexibility index (Phi) is 7.18. The summed E-state index contributed by atoms with van der Waals surface area (Å²) in [5.74, 6) is 2.05. The molecule has 0 unspecified atom stereocenters. The summed E-state index contributed by atoms with van der Waals surface area (Å²) in [5, 5.41) is 0. The number of rotatable bonds is 8. The van der Waals surface area contributed by atoms with Crippen LogP contribution in [0.3, 0.4) is 0 Å². The van der Waals surface area contributed by atoms with E-state index in [1.165, 1.54) is 24.0 Å². The molecule has 5 rings (SSSR count). The molecule has 35 heavy (non-hydrogen) atoms. The number of nitrogens with zero attached hydrogens (tertiary/aromatic N) is 4. The van der Waals surface area contributed by atoms with E-state index in [2.05, 4.69) is 110 Å². The molecule has 0 spiro atoms. The molecule has 1 aliphatic rings. The van der Waals surface area contributed by atoms with Crippen LogP contribution in [-0.4, -0.2) is 56.9 Å². The zero-order valence-electron chi connectivity index (χ0n) is 20.7. The fourth-order valence-corrected chi connectivity index (χ4v) is 5.50. The molecule has 0 radical (unpaired) electrons. The maximum absolute atomic E-state index is 4.83. The van der Waals surface area contributed by atoms with Gasteiger partial charge in [-0.05, 0) is 79.1 Å². The zero-order chi connectivity index (χ0) is 24.4. The summed E-state index contributed by atoms with van der Waals surface area (Å²) in [7, 11) is 4.30. The van der Waals surface area contributed by atoms with Crippen LogP contribution in [0.25, 0.3) is 33.6 Å². The van der Waals surface area contributed by atoms with E-state index < -0.39 is 0 Å². The van der Waals surface area contributed by atoms with Crippen molar-refractivity contribution in [2.75, 3.05) is 27.2 Å². The molecule has 0 saturated carbocycles. The van der Waals surface area contributed by atoms with E-state index in [4.69, 9.17) is 4.98 Å². The molecule has 2 N–H and O–H groups in total. The number of imidazole rings is 2. The predicted molar refractivity (Wildman–Crippen MR) is 146 cm³/mol. The molecule has 2 aromatic carbocycles. The van der Waals surface area contributed by atoms with E-state index in [0.717, 1.165) is 64.8 Å². The van der Waals surface area contributed by atoms with Crippen LogP contribution in [0.15, 0.2) is 59.3 Å². The van der Waals surface area contributed by atoms with E-state index in [9.17, 15) is 0 Å². The van der Waals surface area contributed by atoms with E-state index in [0.29, 0.717) is 6.04 Å². The molecular weight excluding hydrogens is 500 g/mol. The van der Waals surface area contributed by atoms with Gasteiger partial charge < -0.3 is 9.97 Å². The lowest BCUT2D eigenvalue weighted by molar-refractivity contribution is 0.307. The number of hydrogen-bond donors (Lipinski definition) is 2. The summed E-state index contributed by atoms with van der Waals surface area (Å²) >= 11 is 3.66. The SMILES string of the molecule is CCCN(C)Cc1nc(-c2ccc(-c3ccc(-c4cnc([C@@H]5CCCN5C)[nH]4)cc3)cc2)c(Br)[nH]1. The number of likely N-dealkylation sites (tertiary alicyclic amines) is 1. The molecule has 3 heterocycles. The first-order valence-electron chi connectivity index (χ1n) is 12.4. The summed E-state index contributed by atoms with van der Waals surface area (Å²) in [4.78, 5) is 21.1. The van der Waals surface area contributed by atoms with Gasteiger partial charge in [0, 0.05) is 5.56 Å². The highest BCUT2D eigenvalue weighted by Crippen LogP contribution is 2.32. The van der Waals surface area contributed by atoms with Gasteiger partial charge in [0.1, 0.15) is 21.9 Å². The van der Waals surface area contributed by atoms with Crippen molar-refractivity contribution in [1.82, 2.24) is 29.7 Å². The molecule has 4 aromatic rings. The average Bonchev–Trinajstić information content (AvgIpc) is 3.59. The zero-order valence-corrected chi connectivity index (χ0v) is 22.3. The minimum absolute atomic E-state index is 0.407. The number of aromatic amines is 2. The van der Waals surface area contributed by atoms with Crippen LogP contribution in [0, 0.1) is 0 Å². The minimum Gasteiger partial charge on any atom is -0.341 e. The van der Waals surface area contributed by atoms with E-state index >= 15 is 0 Å². The van der Waals surface area contributed by atoms with Crippen molar-refractivity contribution >= 4 is 15.9 Å². The highest BCUT2D eigenvalue weighted by molar-refractivity contribution is 9.10. The molecule has 0 bridgehead atoms. The number of halogens is 1. The van der Waals surface area contributed by atoms with Gasteiger partial charge in [-0.3, -0.25) is 9.80 Å². The maximum Gasteiger partial charge on any atom is 0.123 e. The lowest BCUT2D eigenvalue weighted by Crippen LogP contribution is -2.19. The van der Waals surface area contributed by atoms with Crippen LogP contribution in [0.4, 0.5) is 0 Å². The summed E-state index contributed by atoms with van der Waals surface area (Å²) in [6.07, 6.45) is 5.50. The molecule has 0 aliphatic carbocycles. The average molecular weight is 534 g/mol. The second kappa shape index (κ2) is 10.5. The highest BCUT2D eigenvalue weighted by Gasteiger charge is 2.25. The molecule has 7 heteroatoms. The molecule has 2 aromatic heterocycles.